The highest BCUT2D eigenvalue weighted by molar-refractivity contribution is 8.00. The van der Waals surface area contributed by atoms with Gasteiger partial charge in [0.05, 0.1) is 0 Å². The Morgan fingerprint density at radius 1 is 1.24 bits per heavy atom. The number of ether oxygens (including phenoxy) is 1. The number of hydrogen-bond acceptors (Lipinski definition) is 5. The highest BCUT2D eigenvalue weighted by Crippen LogP contribution is 2.37. The van der Waals surface area contributed by atoms with Crippen molar-refractivity contribution in [1.29, 1.82) is 0 Å². The summed E-state index contributed by atoms with van der Waals surface area (Å²) in [4.78, 5) is 34.2. The van der Waals surface area contributed by atoms with Gasteiger partial charge in [0.25, 0.3) is 0 Å². The molecule has 112 valence electrons. The fourth-order valence-electron chi connectivity index (χ4n) is 1.65. The number of carbonyl (C=O) groups is 3. The third-order valence-electron chi connectivity index (χ3n) is 2.53. The number of nitrogens with one attached hydrogen (secondary N) is 1. The van der Waals surface area contributed by atoms with Gasteiger partial charge in [-0.05, 0) is 36.0 Å². The van der Waals surface area contributed by atoms with Gasteiger partial charge in [-0.2, -0.15) is 13.2 Å². The molecule has 5 nitrogen and oxygen atoms in total. The second kappa shape index (κ2) is 5.76. The topological polar surface area (TPSA) is 72.5 Å². The molecule has 1 aliphatic rings. The molecular weight excluding hydrogens is 311 g/mol. The molecule has 0 aliphatic carbocycles. The van der Waals surface area contributed by atoms with Gasteiger partial charge in [-0.1, -0.05) is 0 Å². The molecule has 1 saturated heterocycles. The van der Waals surface area contributed by atoms with Crippen LogP contribution in [0.15, 0.2) is 29.2 Å². The number of thioether (sulfide) groups is 1. The van der Waals surface area contributed by atoms with Gasteiger partial charge in [0.2, 0.25) is 5.91 Å². The molecule has 1 aromatic rings. The van der Waals surface area contributed by atoms with Crippen molar-refractivity contribution in [3.63, 3.8) is 0 Å². The van der Waals surface area contributed by atoms with E-state index in [0.717, 1.165) is 0 Å². The second-order valence-corrected chi connectivity index (χ2v) is 5.21. The summed E-state index contributed by atoms with van der Waals surface area (Å²) in [6, 6.07) is 4.83. The number of benzene rings is 1. The lowest BCUT2D eigenvalue weighted by Crippen LogP contribution is -2.31. The lowest BCUT2D eigenvalue weighted by atomic mass is 10.1. The normalized spacial score (nSPS) is 18.5. The Bertz CT molecular complexity index is 569. The number of alkyl halides is 3. The molecule has 1 aliphatic heterocycles. The van der Waals surface area contributed by atoms with Crippen molar-refractivity contribution in [3.05, 3.63) is 24.3 Å². The first-order valence-corrected chi connectivity index (χ1v) is 6.44. The van der Waals surface area contributed by atoms with Crippen molar-refractivity contribution in [2.75, 3.05) is 11.9 Å². The summed E-state index contributed by atoms with van der Waals surface area (Å²) >= 11 is -0.287. The number of esters is 1. The number of ketones is 1. The molecule has 9 heteroatoms. The van der Waals surface area contributed by atoms with Gasteiger partial charge in [-0.15, -0.1) is 0 Å². The van der Waals surface area contributed by atoms with Gasteiger partial charge < -0.3 is 10.1 Å². The van der Waals surface area contributed by atoms with E-state index < -0.39 is 35.7 Å². The van der Waals surface area contributed by atoms with Crippen LogP contribution in [0.2, 0.25) is 0 Å². The van der Waals surface area contributed by atoms with Crippen LogP contribution in [0.1, 0.15) is 0 Å². The van der Waals surface area contributed by atoms with Crippen LogP contribution in [0.4, 0.5) is 18.9 Å². The van der Waals surface area contributed by atoms with Gasteiger partial charge >= 0.3 is 11.5 Å². The molecule has 0 aromatic heterocycles. The lowest BCUT2D eigenvalue weighted by molar-refractivity contribution is -0.144. The smallest absolute Gasteiger partial charge is 0.446 e. The largest absolute Gasteiger partial charge is 0.457 e. The zero-order chi connectivity index (χ0) is 15.6. The number of cyclic esters (lactones) is 1. The average Bonchev–Trinajstić information content (AvgIpc) is 2.70. The Morgan fingerprint density at radius 2 is 1.86 bits per heavy atom. The summed E-state index contributed by atoms with van der Waals surface area (Å²) in [5, 5.41) is 2.28. The molecule has 1 amide bonds. The Balaban J connectivity index is 2.02. The van der Waals surface area contributed by atoms with Crippen LogP contribution in [0.25, 0.3) is 0 Å². The van der Waals surface area contributed by atoms with Crippen molar-refractivity contribution in [1.82, 2.24) is 0 Å². The van der Waals surface area contributed by atoms with Gasteiger partial charge in [0, 0.05) is 10.6 Å². The third kappa shape index (κ3) is 3.97. The van der Waals surface area contributed by atoms with Crippen LogP contribution < -0.4 is 5.32 Å². The number of rotatable bonds is 3. The summed E-state index contributed by atoms with van der Waals surface area (Å²) in [5.74, 6) is -3.96. The Labute approximate surface area is 120 Å². The van der Waals surface area contributed by atoms with E-state index in [-0.39, 0.29) is 22.3 Å². The summed E-state index contributed by atoms with van der Waals surface area (Å²) in [6.07, 6.45) is 0. The molecule has 0 spiro atoms. The molecule has 1 unspecified atom stereocenters. The van der Waals surface area contributed by atoms with Crippen LogP contribution in [-0.2, 0) is 19.1 Å². The minimum atomic E-state index is -4.40. The molecule has 1 fully saturated rings. The van der Waals surface area contributed by atoms with E-state index >= 15 is 0 Å². The van der Waals surface area contributed by atoms with E-state index in [0.29, 0.717) is 0 Å². The molecule has 1 heterocycles. The maximum absolute atomic E-state index is 12.1. The predicted octanol–water partition coefficient (Wildman–Crippen LogP) is 1.98. The number of anilines is 1. The number of Topliss-reactive ketones (excluding diaryl/α,β-unsaturated/α-hetero) is 1. The monoisotopic (exact) mass is 319 g/mol. The molecule has 2 rings (SSSR count). The highest BCUT2D eigenvalue weighted by Gasteiger charge is 2.41. The van der Waals surface area contributed by atoms with Crippen LogP contribution in [0.5, 0.6) is 0 Å². The van der Waals surface area contributed by atoms with Gasteiger partial charge in [0.15, 0.2) is 18.3 Å². The maximum atomic E-state index is 12.1. The summed E-state index contributed by atoms with van der Waals surface area (Å²) in [7, 11) is 0. The molecular formula is C12H8F3NO4S. The minimum Gasteiger partial charge on any atom is -0.457 e. The number of hydrogen-bond donors (Lipinski definition) is 1. The zero-order valence-electron chi connectivity index (χ0n) is 10.3. The first kappa shape index (κ1) is 15.4. The summed E-state index contributed by atoms with van der Waals surface area (Å²) < 4.78 is 40.9. The molecule has 1 aromatic carbocycles. The summed E-state index contributed by atoms with van der Waals surface area (Å²) in [5.41, 5.74) is -4.22. The van der Waals surface area contributed by atoms with E-state index in [1.807, 2.05) is 0 Å². The Kier molecular flexibility index (Phi) is 4.21. The van der Waals surface area contributed by atoms with E-state index in [4.69, 9.17) is 0 Å². The molecule has 0 bridgehead atoms. The fourth-order valence-corrected chi connectivity index (χ4v) is 2.19. The Morgan fingerprint density at radius 3 is 2.33 bits per heavy atom. The maximum Gasteiger partial charge on any atom is 0.446 e. The number of amides is 1. The first-order chi connectivity index (χ1) is 9.76. The van der Waals surface area contributed by atoms with E-state index in [1.165, 1.54) is 24.3 Å². The van der Waals surface area contributed by atoms with Crippen molar-refractivity contribution in [2.24, 2.45) is 5.92 Å². The SMILES string of the molecule is O=C1COC(=O)C1C(=O)Nc1ccc(SC(F)(F)F)cc1. The standard InChI is InChI=1S/C12H8F3NO4S/c13-12(14,15)21-7-3-1-6(2-4-7)16-10(18)9-8(17)5-20-11(9)19/h1-4,9H,5H2,(H,16,18). The lowest BCUT2D eigenvalue weighted by Gasteiger charge is -2.09. The zero-order valence-corrected chi connectivity index (χ0v) is 11.1. The van der Waals surface area contributed by atoms with Crippen LogP contribution >= 0.6 is 11.8 Å². The van der Waals surface area contributed by atoms with Gasteiger partial charge in [-0.3, -0.25) is 14.4 Å². The van der Waals surface area contributed by atoms with E-state index in [2.05, 4.69) is 10.1 Å². The van der Waals surface area contributed by atoms with Crippen LogP contribution in [0, 0.1) is 5.92 Å². The number of carbonyl (C=O) groups excluding carboxylic acids is 3. The molecule has 0 radical (unpaired) electrons. The molecule has 1 atom stereocenters. The van der Waals surface area contributed by atoms with Crippen LogP contribution in [-0.4, -0.2) is 29.8 Å². The second-order valence-electron chi connectivity index (χ2n) is 4.07. The fraction of sp³-hybridized carbons (Fsp3) is 0.250. The van der Waals surface area contributed by atoms with Gasteiger partial charge in [0.1, 0.15) is 0 Å². The molecule has 21 heavy (non-hydrogen) atoms. The van der Waals surface area contributed by atoms with Crippen molar-refractivity contribution < 1.29 is 32.3 Å². The molecule has 0 saturated carbocycles. The van der Waals surface area contributed by atoms with Crippen molar-refractivity contribution >= 4 is 35.1 Å². The van der Waals surface area contributed by atoms with Gasteiger partial charge in [-0.25, -0.2) is 0 Å². The van der Waals surface area contributed by atoms with E-state index in [9.17, 15) is 27.6 Å². The number of halogens is 3. The third-order valence-corrected chi connectivity index (χ3v) is 3.27. The van der Waals surface area contributed by atoms with E-state index in [1.54, 1.807) is 0 Å². The van der Waals surface area contributed by atoms with Crippen molar-refractivity contribution in [3.8, 4) is 0 Å². The predicted molar refractivity (Wildman–Crippen MR) is 66.4 cm³/mol. The average molecular weight is 319 g/mol. The minimum absolute atomic E-state index is 0.0446. The Hall–Kier alpha value is -2.03. The van der Waals surface area contributed by atoms with Crippen molar-refractivity contribution in [2.45, 2.75) is 10.4 Å². The van der Waals surface area contributed by atoms with Crippen LogP contribution in [0.3, 0.4) is 0 Å². The quantitative estimate of drug-likeness (QED) is 0.524. The summed E-state index contributed by atoms with van der Waals surface area (Å²) in [6.45, 7) is -0.446. The first-order valence-electron chi connectivity index (χ1n) is 5.62. The highest BCUT2D eigenvalue weighted by atomic mass is 32.2. The molecule has 1 N–H and O–H groups in total.